The van der Waals surface area contributed by atoms with E-state index in [1.807, 2.05) is 13.0 Å². The topological polar surface area (TPSA) is 70.6 Å². The number of piperazine rings is 1. The standard InChI is InChI=1S/C18H18FN3O3S/c1-11-7-13(19)3-4-17(11)26(24,25)21-5-6-22-16(10-21)14-8-12(2)20-9-15(14)18(22)23/h3-4,7-9,16H,5-6,10H2,1-2H3. The first-order valence-corrected chi connectivity index (χ1v) is 9.77. The second kappa shape index (κ2) is 5.85. The number of hydrogen-bond acceptors (Lipinski definition) is 4. The molecular weight excluding hydrogens is 357 g/mol. The SMILES string of the molecule is Cc1cc2c(cn1)C(=O)N1CCN(S(=O)(=O)c3ccc(F)cc3C)CC21. The number of aryl methyl sites for hydroxylation is 2. The molecule has 1 saturated heterocycles. The molecule has 1 aromatic carbocycles. The third kappa shape index (κ3) is 2.52. The Morgan fingerprint density at radius 1 is 1.19 bits per heavy atom. The van der Waals surface area contributed by atoms with Gasteiger partial charge in [0.25, 0.3) is 5.91 Å². The second-order valence-corrected chi connectivity index (χ2v) is 8.61. The lowest BCUT2D eigenvalue weighted by molar-refractivity contribution is 0.0628. The fraction of sp³-hybridized carbons (Fsp3) is 0.333. The van der Waals surface area contributed by atoms with Crippen LogP contribution in [0, 0.1) is 19.7 Å². The molecule has 1 aromatic heterocycles. The number of pyridine rings is 1. The Morgan fingerprint density at radius 2 is 1.96 bits per heavy atom. The van der Waals surface area contributed by atoms with Crippen molar-refractivity contribution in [2.24, 2.45) is 0 Å². The smallest absolute Gasteiger partial charge is 0.256 e. The van der Waals surface area contributed by atoms with Gasteiger partial charge in [-0.3, -0.25) is 9.78 Å². The molecule has 0 N–H and O–H groups in total. The maximum Gasteiger partial charge on any atom is 0.256 e. The highest BCUT2D eigenvalue weighted by atomic mass is 32.2. The number of halogens is 1. The van der Waals surface area contributed by atoms with Gasteiger partial charge in [-0.2, -0.15) is 4.31 Å². The molecule has 2 aromatic rings. The number of amides is 1. The average Bonchev–Trinajstić information content (AvgIpc) is 2.86. The minimum atomic E-state index is -3.77. The van der Waals surface area contributed by atoms with Crippen molar-refractivity contribution in [1.29, 1.82) is 0 Å². The number of nitrogens with zero attached hydrogens (tertiary/aromatic N) is 3. The average molecular weight is 375 g/mol. The summed E-state index contributed by atoms with van der Waals surface area (Å²) < 4.78 is 40.8. The summed E-state index contributed by atoms with van der Waals surface area (Å²) in [5.41, 5.74) is 2.51. The summed E-state index contributed by atoms with van der Waals surface area (Å²) in [6, 6.07) is 5.20. The van der Waals surface area contributed by atoms with Crippen LogP contribution in [-0.2, 0) is 10.0 Å². The molecule has 1 unspecified atom stereocenters. The first kappa shape index (κ1) is 17.1. The van der Waals surface area contributed by atoms with Gasteiger partial charge in [0.1, 0.15) is 5.82 Å². The Balaban J connectivity index is 1.70. The van der Waals surface area contributed by atoms with E-state index in [4.69, 9.17) is 0 Å². The number of rotatable bonds is 2. The van der Waals surface area contributed by atoms with Crippen LogP contribution >= 0.6 is 0 Å². The Kier molecular flexibility index (Phi) is 3.85. The lowest BCUT2D eigenvalue weighted by Crippen LogP contribution is -2.49. The molecule has 4 rings (SSSR count). The van der Waals surface area contributed by atoms with E-state index in [-0.39, 0.29) is 29.9 Å². The molecule has 26 heavy (non-hydrogen) atoms. The number of sulfonamides is 1. The highest BCUT2D eigenvalue weighted by Gasteiger charge is 2.43. The van der Waals surface area contributed by atoms with Crippen molar-refractivity contribution in [3.63, 3.8) is 0 Å². The number of carbonyl (C=O) groups excluding carboxylic acids is 1. The number of benzene rings is 1. The first-order chi connectivity index (χ1) is 12.3. The zero-order valence-electron chi connectivity index (χ0n) is 14.4. The highest BCUT2D eigenvalue weighted by Crippen LogP contribution is 2.37. The number of hydrogen-bond donors (Lipinski definition) is 0. The van der Waals surface area contributed by atoms with Crippen LogP contribution < -0.4 is 0 Å². The summed E-state index contributed by atoms with van der Waals surface area (Å²) in [6.07, 6.45) is 1.56. The summed E-state index contributed by atoms with van der Waals surface area (Å²) in [6.45, 7) is 4.13. The minimum absolute atomic E-state index is 0.0998. The zero-order valence-corrected chi connectivity index (χ0v) is 15.3. The molecule has 0 aliphatic carbocycles. The number of aromatic nitrogens is 1. The van der Waals surface area contributed by atoms with E-state index in [1.54, 1.807) is 18.0 Å². The summed E-state index contributed by atoms with van der Waals surface area (Å²) in [5, 5.41) is 0. The van der Waals surface area contributed by atoms with E-state index in [0.29, 0.717) is 17.7 Å². The van der Waals surface area contributed by atoms with Crippen molar-refractivity contribution in [2.75, 3.05) is 19.6 Å². The van der Waals surface area contributed by atoms with Gasteiger partial charge < -0.3 is 4.90 Å². The van der Waals surface area contributed by atoms with Gasteiger partial charge in [-0.1, -0.05) is 0 Å². The van der Waals surface area contributed by atoms with E-state index in [0.717, 1.165) is 17.3 Å². The molecule has 1 amide bonds. The number of fused-ring (bicyclic) bond motifs is 3. The quantitative estimate of drug-likeness (QED) is 0.805. The largest absolute Gasteiger partial charge is 0.329 e. The summed E-state index contributed by atoms with van der Waals surface area (Å²) >= 11 is 0. The third-order valence-corrected chi connectivity index (χ3v) is 7.05. The molecule has 0 saturated carbocycles. The predicted molar refractivity (Wildman–Crippen MR) is 92.6 cm³/mol. The summed E-state index contributed by atoms with van der Waals surface area (Å²) in [4.78, 5) is 18.5. The van der Waals surface area contributed by atoms with Crippen LogP contribution in [0.15, 0.2) is 35.4 Å². The van der Waals surface area contributed by atoms with Gasteiger partial charge in [-0.15, -0.1) is 0 Å². The molecule has 1 fully saturated rings. The van der Waals surface area contributed by atoms with Gasteiger partial charge >= 0.3 is 0 Å². The highest BCUT2D eigenvalue weighted by molar-refractivity contribution is 7.89. The Hall–Kier alpha value is -2.32. The molecule has 0 radical (unpaired) electrons. The van der Waals surface area contributed by atoms with Gasteiger partial charge in [0.2, 0.25) is 10.0 Å². The lowest BCUT2D eigenvalue weighted by Gasteiger charge is -2.37. The van der Waals surface area contributed by atoms with Gasteiger partial charge in [-0.05, 0) is 49.2 Å². The second-order valence-electron chi connectivity index (χ2n) is 6.70. The molecule has 0 bridgehead atoms. The fourth-order valence-corrected chi connectivity index (χ4v) is 5.36. The van der Waals surface area contributed by atoms with Gasteiger partial charge in [0.15, 0.2) is 0 Å². The molecular formula is C18H18FN3O3S. The van der Waals surface area contributed by atoms with Gasteiger partial charge in [-0.25, -0.2) is 12.8 Å². The van der Waals surface area contributed by atoms with Crippen LogP contribution in [0.2, 0.25) is 0 Å². The fourth-order valence-electron chi connectivity index (χ4n) is 3.72. The predicted octanol–water partition coefficient (Wildman–Crippen LogP) is 2.04. The summed E-state index contributed by atoms with van der Waals surface area (Å²) in [5.74, 6) is -0.572. The van der Waals surface area contributed by atoms with E-state index in [1.165, 1.54) is 16.4 Å². The van der Waals surface area contributed by atoms with Crippen LogP contribution in [0.1, 0.15) is 33.2 Å². The molecule has 1 atom stereocenters. The molecule has 0 spiro atoms. The lowest BCUT2D eigenvalue weighted by atomic mass is 10.1. The summed E-state index contributed by atoms with van der Waals surface area (Å²) in [7, 11) is -3.77. The van der Waals surface area contributed by atoms with Gasteiger partial charge in [0, 0.05) is 31.5 Å². The van der Waals surface area contributed by atoms with Crippen molar-refractivity contribution in [3.8, 4) is 0 Å². The number of carbonyl (C=O) groups is 1. The van der Waals surface area contributed by atoms with Crippen LogP contribution in [0.5, 0.6) is 0 Å². The Morgan fingerprint density at radius 3 is 2.69 bits per heavy atom. The molecule has 6 nitrogen and oxygen atoms in total. The van der Waals surface area contributed by atoms with Crippen LogP contribution in [0.4, 0.5) is 4.39 Å². The third-order valence-electron chi connectivity index (χ3n) is 5.02. The maximum absolute atomic E-state index is 13.3. The van der Waals surface area contributed by atoms with E-state index >= 15 is 0 Å². The Labute approximate surface area is 151 Å². The van der Waals surface area contributed by atoms with Gasteiger partial charge in [0.05, 0.1) is 16.5 Å². The van der Waals surface area contributed by atoms with Crippen molar-refractivity contribution < 1.29 is 17.6 Å². The first-order valence-electron chi connectivity index (χ1n) is 8.33. The van der Waals surface area contributed by atoms with Crippen molar-refractivity contribution in [3.05, 3.63) is 58.7 Å². The van der Waals surface area contributed by atoms with E-state index < -0.39 is 15.8 Å². The van der Waals surface area contributed by atoms with Crippen molar-refractivity contribution >= 4 is 15.9 Å². The van der Waals surface area contributed by atoms with Crippen LogP contribution in [-0.4, -0.2) is 48.1 Å². The molecule has 2 aliphatic heterocycles. The maximum atomic E-state index is 13.3. The zero-order chi connectivity index (χ0) is 18.6. The van der Waals surface area contributed by atoms with Crippen LogP contribution in [0.25, 0.3) is 0 Å². The normalized spacial score (nSPS) is 20.2. The van der Waals surface area contributed by atoms with E-state index in [2.05, 4.69) is 4.98 Å². The van der Waals surface area contributed by atoms with E-state index in [9.17, 15) is 17.6 Å². The molecule has 3 heterocycles. The van der Waals surface area contributed by atoms with Crippen LogP contribution in [0.3, 0.4) is 0 Å². The monoisotopic (exact) mass is 375 g/mol. The Bertz CT molecular complexity index is 1020. The molecule has 136 valence electrons. The van der Waals surface area contributed by atoms with Crippen molar-refractivity contribution in [1.82, 2.24) is 14.2 Å². The van der Waals surface area contributed by atoms with Crippen molar-refractivity contribution in [2.45, 2.75) is 24.8 Å². The molecule has 8 heteroatoms. The minimum Gasteiger partial charge on any atom is -0.329 e. The molecule has 2 aliphatic rings.